The fourth-order valence-corrected chi connectivity index (χ4v) is 1.38. The summed E-state index contributed by atoms with van der Waals surface area (Å²) >= 11 is 0. The number of nitrogens with one attached hydrogen (secondary N) is 2. The fraction of sp³-hybridized carbons (Fsp3) is 0.267. The predicted molar refractivity (Wildman–Crippen MR) is 77.6 cm³/mol. The molecule has 5 heteroatoms. The summed E-state index contributed by atoms with van der Waals surface area (Å²) in [6.45, 7) is 5.53. The molecule has 0 bridgehead atoms. The minimum atomic E-state index is -0.101. The molecular weight excluding hydrogens is 252 g/mol. The third-order valence-electron chi connectivity index (χ3n) is 2.64. The number of hydrogen-bond donors (Lipinski definition) is 2. The topological polar surface area (TPSA) is 88.7 Å². The Kier molecular flexibility index (Phi) is 5.31. The molecule has 1 rings (SSSR count). The number of nitrogens with zero attached hydrogens (tertiary/aromatic N) is 2. The lowest BCUT2D eigenvalue weighted by Crippen LogP contribution is -2.17. The molecule has 2 N–H and O–H groups in total. The van der Waals surface area contributed by atoms with Crippen LogP contribution >= 0.6 is 0 Å². The van der Waals surface area contributed by atoms with Gasteiger partial charge in [0.2, 0.25) is 5.91 Å². The molecule has 0 heterocycles. The molecule has 5 nitrogen and oxygen atoms in total. The standard InChI is InChI=1S/C15H16N4O/c1-10(2)15(20)19-13-5-4-11(3)14(6-13)18-9-12(7-16)8-17/h4-6,9-10,18H,1-3H3,(H,19,20). The van der Waals surface area contributed by atoms with Crippen molar-refractivity contribution in [3.8, 4) is 12.1 Å². The number of carbonyl (C=O) groups is 1. The lowest BCUT2D eigenvalue weighted by molar-refractivity contribution is -0.118. The molecule has 0 aliphatic carbocycles. The van der Waals surface area contributed by atoms with Crippen molar-refractivity contribution in [3.63, 3.8) is 0 Å². The third kappa shape index (κ3) is 4.15. The highest BCUT2D eigenvalue weighted by molar-refractivity contribution is 5.92. The highest BCUT2D eigenvalue weighted by Gasteiger charge is 2.08. The lowest BCUT2D eigenvalue weighted by Gasteiger charge is -2.11. The van der Waals surface area contributed by atoms with Gasteiger partial charge in [0.15, 0.2) is 0 Å². The molecule has 20 heavy (non-hydrogen) atoms. The van der Waals surface area contributed by atoms with Crippen molar-refractivity contribution in [2.75, 3.05) is 10.6 Å². The summed E-state index contributed by atoms with van der Waals surface area (Å²) in [5.41, 5.74) is 2.33. The average molecular weight is 268 g/mol. The van der Waals surface area contributed by atoms with Crippen LogP contribution < -0.4 is 10.6 Å². The Hall–Kier alpha value is -2.79. The molecule has 0 radical (unpaired) electrons. The molecule has 0 atom stereocenters. The van der Waals surface area contributed by atoms with Crippen molar-refractivity contribution in [1.82, 2.24) is 0 Å². The quantitative estimate of drug-likeness (QED) is 0.822. The van der Waals surface area contributed by atoms with Crippen molar-refractivity contribution in [1.29, 1.82) is 10.5 Å². The van der Waals surface area contributed by atoms with E-state index < -0.39 is 0 Å². The number of hydrogen-bond acceptors (Lipinski definition) is 4. The maximum absolute atomic E-state index is 11.6. The van der Waals surface area contributed by atoms with Crippen LogP contribution in [0.4, 0.5) is 11.4 Å². The van der Waals surface area contributed by atoms with E-state index in [9.17, 15) is 4.79 Å². The summed E-state index contributed by atoms with van der Waals surface area (Å²) in [4.78, 5) is 11.6. The summed E-state index contributed by atoms with van der Waals surface area (Å²) in [5, 5.41) is 23.0. The van der Waals surface area contributed by atoms with Crippen LogP contribution in [-0.2, 0) is 4.79 Å². The lowest BCUT2D eigenvalue weighted by atomic mass is 10.1. The van der Waals surface area contributed by atoms with E-state index in [1.165, 1.54) is 6.20 Å². The Balaban J connectivity index is 2.93. The number of carbonyl (C=O) groups excluding carboxylic acids is 1. The monoisotopic (exact) mass is 268 g/mol. The molecule has 0 spiro atoms. The van der Waals surface area contributed by atoms with Crippen LogP contribution in [0.1, 0.15) is 19.4 Å². The van der Waals surface area contributed by atoms with Gasteiger partial charge < -0.3 is 10.6 Å². The zero-order chi connectivity index (χ0) is 15.1. The van der Waals surface area contributed by atoms with Gasteiger partial charge in [-0.25, -0.2) is 0 Å². The van der Waals surface area contributed by atoms with Crippen LogP contribution in [0.3, 0.4) is 0 Å². The van der Waals surface area contributed by atoms with Crippen LogP contribution in [0.15, 0.2) is 30.0 Å². The summed E-state index contributed by atoms with van der Waals surface area (Å²) in [6, 6.07) is 8.96. The van der Waals surface area contributed by atoms with Gasteiger partial charge in [-0.05, 0) is 24.6 Å². The van der Waals surface area contributed by atoms with Crippen molar-refractivity contribution in [2.24, 2.45) is 5.92 Å². The van der Waals surface area contributed by atoms with Gasteiger partial charge >= 0.3 is 0 Å². The van der Waals surface area contributed by atoms with Crippen molar-refractivity contribution in [3.05, 3.63) is 35.5 Å². The first-order valence-electron chi connectivity index (χ1n) is 6.16. The van der Waals surface area contributed by atoms with Crippen molar-refractivity contribution < 1.29 is 4.79 Å². The summed E-state index contributed by atoms with van der Waals surface area (Å²) in [6.07, 6.45) is 1.34. The van der Waals surface area contributed by atoms with Gasteiger partial charge in [-0.2, -0.15) is 10.5 Å². The van der Waals surface area contributed by atoms with Gasteiger partial charge in [0.05, 0.1) is 0 Å². The number of rotatable bonds is 4. The maximum atomic E-state index is 11.6. The minimum absolute atomic E-state index is 0.0129. The van der Waals surface area contributed by atoms with E-state index in [2.05, 4.69) is 10.6 Å². The third-order valence-corrected chi connectivity index (χ3v) is 2.64. The SMILES string of the molecule is Cc1ccc(NC(=O)C(C)C)cc1NC=C(C#N)C#N. The summed E-state index contributed by atoms with van der Waals surface area (Å²) in [5.74, 6) is -0.165. The molecule has 102 valence electrons. The van der Waals surface area contributed by atoms with E-state index in [0.29, 0.717) is 5.69 Å². The van der Waals surface area contributed by atoms with Crippen LogP contribution in [0, 0.1) is 35.5 Å². The van der Waals surface area contributed by atoms with Crippen LogP contribution in [0.2, 0.25) is 0 Å². The molecule has 1 aromatic rings. The van der Waals surface area contributed by atoms with Gasteiger partial charge in [-0.15, -0.1) is 0 Å². The van der Waals surface area contributed by atoms with E-state index in [1.54, 1.807) is 24.3 Å². The maximum Gasteiger partial charge on any atom is 0.226 e. The Bertz CT molecular complexity index is 602. The summed E-state index contributed by atoms with van der Waals surface area (Å²) < 4.78 is 0. The molecule has 1 amide bonds. The Labute approximate surface area is 118 Å². The number of allylic oxidation sites excluding steroid dienone is 1. The molecule has 0 aromatic heterocycles. The Morgan fingerprint density at radius 1 is 1.30 bits per heavy atom. The minimum Gasteiger partial charge on any atom is -0.360 e. The van der Waals surface area contributed by atoms with Crippen molar-refractivity contribution in [2.45, 2.75) is 20.8 Å². The second kappa shape index (κ2) is 6.96. The molecular formula is C15H16N4O. The highest BCUT2D eigenvalue weighted by atomic mass is 16.1. The molecule has 0 saturated carbocycles. The van der Waals surface area contributed by atoms with E-state index in [1.807, 2.05) is 26.8 Å². The van der Waals surface area contributed by atoms with Crippen LogP contribution in [0.5, 0.6) is 0 Å². The first kappa shape index (κ1) is 15.3. The molecule has 1 aromatic carbocycles. The normalized spacial score (nSPS) is 9.30. The molecule has 0 fully saturated rings. The smallest absolute Gasteiger partial charge is 0.226 e. The van der Waals surface area contributed by atoms with Gasteiger partial charge in [0.1, 0.15) is 17.7 Å². The van der Waals surface area contributed by atoms with E-state index in [4.69, 9.17) is 10.5 Å². The number of nitriles is 2. The largest absolute Gasteiger partial charge is 0.360 e. The fourth-order valence-electron chi connectivity index (χ4n) is 1.38. The highest BCUT2D eigenvalue weighted by Crippen LogP contribution is 2.21. The molecule has 0 aliphatic heterocycles. The Morgan fingerprint density at radius 3 is 2.50 bits per heavy atom. The Morgan fingerprint density at radius 2 is 1.95 bits per heavy atom. The second-order valence-electron chi connectivity index (χ2n) is 4.60. The van der Waals surface area contributed by atoms with E-state index in [-0.39, 0.29) is 17.4 Å². The van der Waals surface area contributed by atoms with Crippen molar-refractivity contribution >= 4 is 17.3 Å². The number of amides is 1. The molecule has 0 saturated heterocycles. The van der Waals surface area contributed by atoms with Gasteiger partial charge in [0.25, 0.3) is 0 Å². The van der Waals surface area contributed by atoms with Crippen LogP contribution in [-0.4, -0.2) is 5.91 Å². The van der Waals surface area contributed by atoms with Gasteiger partial charge in [-0.1, -0.05) is 19.9 Å². The first-order valence-corrected chi connectivity index (χ1v) is 6.16. The number of aryl methyl sites for hydroxylation is 1. The van der Waals surface area contributed by atoms with E-state index >= 15 is 0 Å². The number of benzene rings is 1. The van der Waals surface area contributed by atoms with Gasteiger partial charge in [0, 0.05) is 23.5 Å². The molecule has 0 aliphatic rings. The molecule has 0 unspecified atom stereocenters. The predicted octanol–water partition coefficient (Wildman–Crippen LogP) is 2.93. The zero-order valence-electron chi connectivity index (χ0n) is 11.7. The van der Waals surface area contributed by atoms with Crippen LogP contribution in [0.25, 0.3) is 0 Å². The first-order chi connectivity index (χ1) is 9.47. The number of anilines is 2. The summed E-state index contributed by atoms with van der Waals surface area (Å²) in [7, 11) is 0. The van der Waals surface area contributed by atoms with E-state index in [0.717, 1.165) is 11.3 Å². The average Bonchev–Trinajstić information content (AvgIpc) is 2.43. The second-order valence-corrected chi connectivity index (χ2v) is 4.60. The zero-order valence-corrected chi connectivity index (χ0v) is 11.7. The van der Waals surface area contributed by atoms with Gasteiger partial charge in [-0.3, -0.25) is 4.79 Å².